The summed E-state index contributed by atoms with van der Waals surface area (Å²) in [4.78, 5) is 6.48. The smallest absolute Gasteiger partial charge is 0.177 e. The van der Waals surface area contributed by atoms with Crippen LogP contribution in [0.3, 0.4) is 0 Å². The maximum absolute atomic E-state index is 11.5. The Morgan fingerprint density at radius 1 is 1.33 bits per heavy atom. The number of aryl methyl sites for hydroxylation is 1. The summed E-state index contributed by atoms with van der Waals surface area (Å²) in [6, 6.07) is 3.34. The molecule has 4 nitrogen and oxygen atoms in total. The van der Waals surface area contributed by atoms with Crippen molar-refractivity contribution in [1.29, 1.82) is 0 Å². The highest BCUT2D eigenvalue weighted by Crippen LogP contribution is 2.15. The molecule has 0 aliphatic carbocycles. The number of aromatic nitrogens is 1. The molecule has 0 aromatic carbocycles. The monoisotopic (exact) mass is 228 g/mol. The minimum Gasteiger partial charge on any atom is -0.304 e. The van der Waals surface area contributed by atoms with Crippen molar-refractivity contribution in [2.24, 2.45) is 0 Å². The average Bonchev–Trinajstić information content (AvgIpc) is 1.99. The Labute approximate surface area is 90.9 Å². The third-order valence-electron chi connectivity index (χ3n) is 1.94. The van der Waals surface area contributed by atoms with Gasteiger partial charge < -0.3 is 4.90 Å². The number of hydrogen-bond donors (Lipinski definition) is 0. The molecule has 15 heavy (non-hydrogen) atoms. The van der Waals surface area contributed by atoms with Crippen LogP contribution >= 0.6 is 0 Å². The zero-order valence-corrected chi connectivity index (χ0v) is 10.3. The maximum Gasteiger partial charge on any atom is 0.177 e. The fraction of sp³-hybridized carbons (Fsp3) is 0.500. The molecule has 0 amide bonds. The van der Waals surface area contributed by atoms with E-state index >= 15 is 0 Å². The number of hydrogen-bond acceptors (Lipinski definition) is 4. The van der Waals surface area contributed by atoms with Crippen LogP contribution in [-0.4, -0.2) is 38.7 Å². The van der Waals surface area contributed by atoms with Crippen molar-refractivity contribution in [3.05, 3.63) is 23.5 Å². The zero-order chi connectivity index (χ0) is 11.6. The Bertz CT molecular complexity index is 452. The predicted molar refractivity (Wildman–Crippen MR) is 59.5 cm³/mol. The summed E-state index contributed by atoms with van der Waals surface area (Å²) < 4.78 is 23.0. The number of nitrogens with zero attached hydrogens (tertiary/aromatic N) is 2. The van der Waals surface area contributed by atoms with Crippen LogP contribution in [0.15, 0.2) is 17.0 Å². The molecule has 0 atom stereocenters. The van der Waals surface area contributed by atoms with Gasteiger partial charge in [-0.05, 0) is 33.2 Å². The number of pyridine rings is 1. The van der Waals surface area contributed by atoms with Gasteiger partial charge >= 0.3 is 0 Å². The van der Waals surface area contributed by atoms with E-state index in [0.717, 1.165) is 5.69 Å². The first-order valence-corrected chi connectivity index (χ1v) is 6.51. The van der Waals surface area contributed by atoms with E-state index in [1.54, 1.807) is 12.1 Å². The highest BCUT2D eigenvalue weighted by Gasteiger charge is 2.14. The first-order chi connectivity index (χ1) is 6.80. The topological polar surface area (TPSA) is 50.3 Å². The van der Waals surface area contributed by atoms with E-state index in [4.69, 9.17) is 0 Å². The van der Waals surface area contributed by atoms with Gasteiger partial charge in [0.1, 0.15) is 0 Å². The summed E-state index contributed by atoms with van der Waals surface area (Å²) in [6.45, 7) is 2.38. The molecule has 0 spiro atoms. The fourth-order valence-electron chi connectivity index (χ4n) is 1.35. The van der Waals surface area contributed by atoms with E-state index in [-0.39, 0.29) is 0 Å². The second-order valence-electron chi connectivity index (χ2n) is 3.91. The normalized spacial score (nSPS) is 12.1. The Balaban J connectivity index is 3.27. The molecule has 84 valence electrons. The molecule has 1 aromatic heterocycles. The van der Waals surface area contributed by atoms with Crippen LogP contribution in [0.5, 0.6) is 0 Å². The summed E-state index contributed by atoms with van der Waals surface area (Å²) in [6.07, 6.45) is 1.21. The van der Waals surface area contributed by atoms with Gasteiger partial charge in [-0.15, -0.1) is 0 Å². The SMILES string of the molecule is Cc1ccc(S(C)(=O)=O)c(CN(C)C)n1. The lowest BCUT2D eigenvalue weighted by Crippen LogP contribution is -2.15. The van der Waals surface area contributed by atoms with Crippen LogP contribution in [0, 0.1) is 6.92 Å². The molecular weight excluding hydrogens is 212 g/mol. The summed E-state index contributed by atoms with van der Waals surface area (Å²) >= 11 is 0. The van der Waals surface area contributed by atoms with Crippen molar-refractivity contribution < 1.29 is 8.42 Å². The second kappa shape index (κ2) is 4.28. The molecule has 1 rings (SSSR count). The van der Waals surface area contributed by atoms with E-state index in [9.17, 15) is 8.42 Å². The van der Waals surface area contributed by atoms with Crippen LogP contribution < -0.4 is 0 Å². The predicted octanol–water partition coefficient (Wildman–Crippen LogP) is 0.855. The summed E-state index contributed by atoms with van der Waals surface area (Å²) in [5, 5.41) is 0. The second-order valence-corrected chi connectivity index (χ2v) is 5.89. The molecule has 0 saturated carbocycles. The third kappa shape index (κ3) is 3.28. The molecule has 1 aromatic rings. The molecule has 0 bridgehead atoms. The van der Waals surface area contributed by atoms with Crippen LogP contribution in [0.1, 0.15) is 11.4 Å². The molecule has 5 heteroatoms. The van der Waals surface area contributed by atoms with Gasteiger partial charge in [0.2, 0.25) is 0 Å². The van der Waals surface area contributed by atoms with Crippen molar-refractivity contribution in [3.8, 4) is 0 Å². The molecule has 0 fully saturated rings. The van der Waals surface area contributed by atoms with Gasteiger partial charge in [0.25, 0.3) is 0 Å². The fourth-order valence-corrected chi connectivity index (χ4v) is 2.20. The van der Waals surface area contributed by atoms with Crippen LogP contribution in [0.2, 0.25) is 0 Å². The van der Waals surface area contributed by atoms with Gasteiger partial charge in [-0.3, -0.25) is 4.98 Å². The molecule has 1 heterocycles. The van der Waals surface area contributed by atoms with E-state index in [0.29, 0.717) is 17.1 Å². The first kappa shape index (κ1) is 12.1. The van der Waals surface area contributed by atoms with Crippen LogP contribution in [0.25, 0.3) is 0 Å². The summed E-state index contributed by atoms with van der Waals surface area (Å²) in [7, 11) is 0.585. The standard InChI is InChI=1S/C10H16N2O2S/c1-8-5-6-10(15(4,13)14)9(11-8)7-12(2)3/h5-6H,7H2,1-4H3. The molecule has 0 saturated heterocycles. The van der Waals surface area contributed by atoms with E-state index < -0.39 is 9.84 Å². The zero-order valence-electron chi connectivity index (χ0n) is 9.48. The summed E-state index contributed by atoms with van der Waals surface area (Å²) in [5.41, 5.74) is 1.45. The lowest BCUT2D eigenvalue weighted by atomic mass is 10.3. The molecule has 0 radical (unpaired) electrons. The Morgan fingerprint density at radius 3 is 2.40 bits per heavy atom. The van der Waals surface area contributed by atoms with Gasteiger partial charge in [-0.25, -0.2) is 8.42 Å². The Hall–Kier alpha value is -0.940. The molecule has 0 aliphatic heterocycles. The summed E-state index contributed by atoms with van der Waals surface area (Å²) in [5.74, 6) is 0. The Morgan fingerprint density at radius 2 is 1.93 bits per heavy atom. The van der Waals surface area contributed by atoms with E-state index in [1.165, 1.54) is 6.26 Å². The first-order valence-electron chi connectivity index (χ1n) is 4.62. The molecular formula is C10H16N2O2S. The van der Waals surface area contributed by atoms with Gasteiger partial charge in [-0.1, -0.05) is 0 Å². The Kier molecular flexibility index (Phi) is 3.46. The van der Waals surface area contributed by atoms with Gasteiger partial charge in [0.15, 0.2) is 9.84 Å². The van der Waals surface area contributed by atoms with Crippen LogP contribution in [0.4, 0.5) is 0 Å². The highest BCUT2D eigenvalue weighted by molar-refractivity contribution is 7.90. The number of rotatable bonds is 3. The van der Waals surface area contributed by atoms with Crippen molar-refractivity contribution in [1.82, 2.24) is 9.88 Å². The minimum atomic E-state index is -3.19. The highest BCUT2D eigenvalue weighted by atomic mass is 32.2. The average molecular weight is 228 g/mol. The van der Waals surface area contributed by atoms with Gasteiger partial charge in [0, 0.05) is 18.5 Å². The van der Waals surface area contributed by atoms with Crippen LogP contribution in [-0.2, 0) is 16.4 Å². The van der Waals surface area contributed by atoms with Gasteiger partial charge in [-0.2, -0.15) is 0 Å². The van der Waals surface area contributed by atoms with Crippen molar-refractivity contribution in [3.63, 3.8) is 0 Å². The van der Waals surface area contributed by atoms with Gasteiger partial charge in [0.05, 0.1) is 10.6 Å². The van der Waals surface area contributed by atoms with E-state index in [2.05, 4.69) is 4.98 Å². The third-order valence-corrected chi connectivity index (χ3v) is 3.11. The molecule has 0 N–H and O–H groups in total. The van der Waals surface area contributed by atoms with Crippen molar-refractivity contribution in [2.45, 2.75) is 18.4 Å². The van der Waals surface area contributed by atoms with Crippen molar-refractivity contribution in [2.75, 3.05) is 20.4 Å². The minimum absolute atomic E-state index is 0.321. The quantitative estimate of drug-likeness (QED) is 0.770. The largest absolute Gasteiger partial charge is 0.304 e. The van der Waals surface area contributed by atoms with Crippen molar-refractivity contribution >= 4 is 9.84 Å². The molecule has 0 unspecified atom stereocenters. The maximum atomic E-state index is 11.5. The lowest BCUT2D eigenvalue weighted by molar-refractivity contribution is 0.392. The number of sulfone groups is 1. The van der Waals surface area contributed by atoms with E-state index in [1.807, 2.05) is 25.9 Å². The lowest BCUT2D eigenvalue weighted by Gasteiger charge is -2.12. The molecule has 0 aliphatic rings.